The number of amides is 1. The number of aromatic nitrogens is 1. The summed E-state index contributed by atoms with van der Waals surface area (Å²) in [6.45, 7) is 2.58. The van der Waals surface area contributed by atoms with Crippen LogP contribution in [0.2, 0.25) is 5.02 Å². The first kappa shape index (κ1) is 25.2. The fourth-order valence-corrected chi connectivity index (χ4v) is 4.81. The van der Waals surface area contributed by atoms with E-state index in [1.54, 1.807) is 60.9 Å². The highest BCUT2D eigenvalue weighted by molar-refractivity contribution is 6.46. The predicted octanol–water partition coefficient (Wildman–Crippen LogP) is 4.47. The Bertz CT molecular complexity index is 1520. The number of nitrogens with zero attached hydrogens (tertiary/aromatic N) is 1. The number of ether oxygens (including phenoxy) is 1. The van der Waals surface area contributed by atoms with Crippen LogP contribution < -0.4 is 14.8 Å². The summed E-state index contributed by atoms with van der Waals surface area (Å²) in [4.78, 5) is 30.8. The number of aryl methyl sites for hydroxylation is 1. The van der Waals surface area contributed by atoms with Gasteiger partial charge >= 0.3 is 0 Å². The molecule has 190 valence electrons. The van der Waals surface area contributed by atoms with Crippen LogP contribution in [0.25, 0.3) is 5.76 Å². The molecule has 1 aliphatic rings. The zero-order valence-electron chi connectivity index (χ0n) is 20.7. The van der Waals surface area contributed by atoms with E-state index in [0.717, 1.165) is 16.7 Å². The van der Waals surface area contributed by atoms with E-state index in [1.807, 2.05) is 43.3 Å². The van der Waals surface area contributed by atoms with E-state index in [2.05, 4.69) is 4.98 Å². The largest absolute Gasteiger partial charge is 0.872 e. The Morgan fingerprint density at radius 2 is 1.68 bits per heavy atom. The number of nitrogens with one attached hydrogen (secondary N) is 1. The lowest BCUT2D eigenvalue weighted by molar-refractivity contribution is -0.378. The Kier molecular flexibility index (Phi) is 7.24. The average Bonchev–Trinajstić information content (AvgIpc) is 3.17. The second-order valence-corrected chi connectivity index (χ2v) is 9.61. The van der Waals surface area contributed by atoms with E-state index in [-0.39, 0.29) is 12.1 Å². The van der Waals surface area contributed by atoms with Crippen molar-refractivity contribution in [1.82, 2.24) is 4.90 Å². The van der Waals surface area contributed by atoms with Crippen LogP contribution in [-0.2, 0) is 22.7 Å². The second kappa shape index (κ2) is 10.9. The molecule has 1 aromatic heterocycles. The van der Waals surface area contributed by atoms with Crippen LogP contribution in [0.5, 0.6) is 5.75 Å². The van der Waals surface area contributed by atoms with Gasteiger partial charge in [0.25, 0.3) is 5.91 Å². The Balaban J connectivity index is 1.47. The lowest BCUT2D eigenvalue weighted by atomic mass is 9.95. The molecule has 1 amide bonds. The first-order valence-electron chi connectivity index (χ1n) is 12.2. The molecule has 2 heterocycles. The van der Waals surface area contributed by atoms with Crippen molar-refractivity contribution in [2.75, 3.05) is 0 Å². The van der Waals surface area contributed by atoms with Gasteiger partial charge in [-0.1, -0.05) is 71.5 Å². The number of rotatable bonds is 7. The molecule has 0 spiro atoms. The van der Waals surface area contributed by atoms with Gasteiger partial charge in [-0.15, -0.1) is 0 Å². The molecule has 7 heteroatoms. The van der Waals surface area contributed by atoms with Crippen molar-refractivity contribution in [3.8, 4) is 5.75 Å². The quantitative estimate of drug-likeness (QED) is 0.203. The molecule has 0 radical (unpaired) electrons. The van der Waals surface area contributed by atoms with Crippen molar-refractivity contribution < 1.29 is 24.4 Å². The molecule has 5 rings (SSSR count). The highest BCUT2D eigenvalue weighted by Gasteiger charge is 2.44. The van der Waals surface area contributed by atoms with Crippen LogP contribution in [0.15, 0.2) is 103 Å². The number of carbonyl (C=O) groups is 2. The summed E-state index contributed by atoms with van der Waals surface area (Å²) in [5, 5.41) is 14.1. The summed E-state index contributed by atoms with van der Waals surface area (Å²) in [7, 11) is 0. The maximum atomic E-state index is 13.7. The lowest BCUT2D eigenvalue weighted by Gasteiger charge is -2.27. The number of benzene rings is 3. The SMILES string of the molecule is Cc1cccc(COc2ccc(C([O-])=C3C(=O)C(=O)N(Cc4cc[nH+]cc4)C3c3cccc(Cl)c3)cc2)c1. The number of halogens is 1. The highest BCUT2D eigenvalue weighted by atomic mass is 35.5. The molecule has 0 aliphatic carbocycles. The van der Waals surface area contributed by atoms with E-state index >= 15 is 0 Å². The van der Waals surface area contributed by atoms with Crippen LogP contribution in [0.1, 0.15) is 33.9 Å². The number of pyridine rings is 1. The predicted molar refractivity (Wildman–Crippen MR) is 142 cm³/mol. The summed E-state index contributed by atoms with van der Waals surface area (Å²) < 4.78 is 5.87. The minimum Gasteiger partial charge on any atom is -0.872 e. The molecule has 4 aromatic rings. The molecular formula is C31H25ClN2O4. The maximum absolute atomic E-state index is 13.7. The van der Waals surface area contributed by atoms with Crippen molar-refractivity contribution in [2.45, 2.75) is 26.1 Å². The minimum absolute atomic E-state index is 0.0896. The molecule has 1 fully saturated rings. The zero-order chi connectivity index (χ0) is 26.6. The fourth-order valence-electron chi connectivity index (χ4n) is 4.61. The van der Waals surface area contributed by atoms with E-state index in [9.17, 15) is 14.7 Å². The second-order valence-electron chi connectivity index (χ2n) is 9.17. The first-order chi connectivity index (χ1) is 18.4. The Morgan fingerprint density at radius 3 is 2.39 bits per heavy atom. The van der Waals surface area contributed by atoms with Gasteiger partial charge in [0.1, 0.15) is 12.4 Å². The van der Waals surface area contributed by atoms with Crippen LogP contribution in [0.4, 0.5) is 0 Å². The van der Waals surface area contributed by atoms with E-state index < -0.39 is 23.5 Å². The molecular weight excluding hydrogens is 500 g/mol. The molecule has 1 saturated heterocycles. The number of carbonyl (C=O) groups excluding carboxylic acids is 2. The van der Waals surface area contributed by atoms with Gasteiger partial charge in [0.15, 0.2) is 12.4 Å². The fraction of sp³-hybridized carbons (Fsp3) is 0.129. The summed E-state index contributed by atoms with van der Waals surface area (Å²) in [6, 6.07) is 24.3. The molecule has 1 unspecified atom stereocenters. The molecule has 1 atom stereocenters. The smallest absolute Gasteiger partial charge is 0.295 e. The van der Waals surface area contributed by atoms with Crippen molar-refractivity contribution >= 4 is 29.1 Å². The average molecular weight is 525 g/mol. The summed E-state index contributed by atoms with van der Waals surface area (Å²) in [5.41, 5.74) is 3.81. The van der Waals surface area contributed by atoms with Gasteiger partial charge in [0, 0.05) is 29.3 Å². The lowest BCUT2D eigenvalue weighted by Crippen LogP contribution is -2.29. The monoisotopic (exact) mass is 524 g/mol. The van der Waals surface area contributed by atoms with Crippen molar-refractivity contribution in [3.63, 3.8) is 0 Å². The number of hydrogen-bond acceptors (Lipinski definition) is 4. The maximum Gasteiger partial charge on any atom is 0.295 e. The van der Waals surface area contributed by atoms with Gasteiger partial charge in [-0.2, -0.15) is 0 Å². The Labute approximate surface area is 225 Å². The minimum atomic E-state index is -0.859. The molecule has 0 bridgehead atoms. The molecule has 1 aliphatic heterocycles. The highest BCUT2D eigenvalue weighted by Crippen LogP contribution is 2.40. The Hall–Kier alpha value is -4.42. The third-order valence-electron chi connectivity index (χ3n) is 6.44. The number of ketones is 1. The number of hydrogen-bond donors (Lipinski definition) is 0. The summed E-state index contributed by atoms with van der Waals surface area (Å²) in [6.07, 6.45) is 3.48. The summed E-state index contributed by atoms with van der Waals surface area (Å²) in [5.74, 6) is -1.43. The number of Topliss-reactive ketones (excluding diaryl/α,β-unsaturated/α-hetero) is 1. The van der Waals surface area contributed by atoms with E-state index in [4.69, 9.17) is 16.3 Å². The Morgan fingerprint density at radius 1 is 0.947 bits per heavy atom. The number of aromatic amines is 1. The van der Waals surface area contributed by atoms with Gasteiger partial charge < -0.3 is 14.7 Å². The number of H-pyrrole nitrogens is 1. The molecule has 6 nitrogen and oxygen atoms in total. The van der Waals surface area contributed by atoms with Gasteiger partial charge in [0.2, 0.25) is 5.78 Å². The normalized spacial score (nSPS) is 16.6. The first-order valence-corrected chi connectivity index (χ1v) is 12.5. The van der Waals surface area contributed by atoms with Crippen molar-refractivity contribution in [2.24, 2.45) is 0 Å². The molecule has 3 aromatic carbocycles. The van der Waals surface area contributed by atoms with Crippen molar-refractivity contribution in [3.05, 3.63) is 136 Å². The summed E-state index contributed by atoms with van der Waals surface area (Å²) >= 11 is 6.25. The van der Waals surface area contributed by atoms with E-state index in [1.165, 1.54) is 4.90 Å². The molecule has 0 saturated carbocycles. The van der Waals surface area contributed by atoms with Crippen LogP contribution >= 0.6 is 11.6 Å². The van der Waals surface area contributed by atoms with E-state index in [0.29, 0.717) is 28.5 Å². The van der Waals surface area contributed by atoms with Gasteiger partial charge in [-0.25, -0.2) is 4.98 Å². The topological polar surface area (TPSA) is 83.8 Å². The van der Waals surface area contributed by atoms with Gasteiger partial charge in [-0.05, 0) is 53.4 Å². The zero-order valence-corrected chi connectivity index (χ0v) is 21.4. The van der Waals surface area contributed by atoms with Crippen LogP contribution in [-0.4, -0.2) is 16.6 Å². The van der Waals surface area contributed by atoms with Crippen molar-refractivity contribution in [1.29, 1.82) is 0 Å². The van der Waals surface area contributed by atoms with Gasteiger partial charge in [0.05, 0.1) is 6.04 Å². The third-order valence-corrected chi connectivity index (χ3v) is 6.67. The van der Waals surface area contributed by atoms with Crippen LogP contribution in [0, 0.1) is 6.92 Å². The molecule has 38 heavy (non-hydrogen) atoms. The number of likely N-dealkylation sites (tertiary alicyclic amines) is 1. The standard InChI is InChI=1S/C31H25ClN2O4/c1-20-4-2-5-22(16-20)19-38-26-10-8-23(9-11-26)29(35)27-28(24-6-3-7-25(32)17-24)34(31(37)30(27)36)18-21-12-14-33-15-13-21/h2-17,28,35H,18-19H2,1H3. The van der Waals surface area contributed by atoms with Crippen LogP contribution in [0.3, 0.4) is 0 Å². The third kappa shape index (κ3) is 5.31. The van der Waals surface area contributed by atoms with Gasteiger partial charge in [-0.3, -0.25) is 9.59 Å². The molecule has 1 N–H and O–H groups in total.